The van der Waals surface area contributed by atoms with Crippen LogP contribution < -0.4 is 4.74 Å². The van der Waals surface area contributed by atoms with Crippen molar-refractivity contribution in [1.82, 2.24) is 9.97 Å². The summed E-state index contributed by atoms with van der Waals surface area (Å²) in [5.41, 5.74) is 1.91. The third kappa shape index (κ3) is 2.99. The number of aromatic amines is 1. The molecule has 106 valence electrons. The minimum Gasteiger partial charge on any atom is -0.497 e. The topological polar surface area (TPSA) is 64.2 Å². The number of methoxy groups -OCH3 is 1. The van der Waals surface area contributed by atoms with E-state index >= 15 is 0 Å². The highest BCUT2D eigenvalue weighted by Crippen LogP contribution is 2.21. The lowest BCUT2D eigenvalue weighted by Gasteiger charge is -2.05. The van der Waals surface area contributed by atoms with Crippen LogP contribution in [0.4, 0.5) is 0 Å². The van der Waals surface area contributed by atoms with Gasteiger partial charge in [-0.15, -0.1) is 0 Å². The average Bonchev–Trinajstić information content (AvgIpc) is 2.80. The molecule has 0 bridgehead atoms. The van der Waals surface area contributed by atoms with Gasteiger partial charge in [-0.2, -0.15) is 0 Å². The van der Waals surface area contributed by atoms with Crippen molar-refractivity contribution in [3.05, 3.63) is 35.7 Å². The van der Waals surface area contributed by atoms with Crippen molar-refractivity contribution in [2.24, 2.45) is 0 Å². The van der Waals surface area contributed by atoms with Crippen LogP contribution in [0.2, 0.25) is 0 Å². The maximum Gasteiger partial charge on any atom is 0.359 e. The van der Waals surface area contributed by atoms with Crippen molar-refractivity contribution in [3.63, 3.8) is 0 Å². The first-order chi connectivity index (χ1) is 9.51. The quantitative estimate of drug-likeness (QED) is 0.871. The van der Waals surface area contributed by atoms with E-state index in [1.54, 1.807) is 14.0 Å². The third-order valence-electron chi connectivity index (χ3n) is 2.78. The molecular formula is C15H18N2O3. The number of esters is 1. The van der Waals surface area contributed by atoms with Crippen LogP contribution in [0.15, 0.2) is 24.3 Å². The van der Waals surface area contributed by atoms with Gasteiger partial charge in [-0.1, -0.05) is 0 Å². The van der Waals surface area contributed by atoms with E-state index in [1.807, 2.05) is 38.1 Å². The Morgan fingerprint density at radius 1 is 1.25 bits per heavy atom. The fraction of sp³-hybridized carbons (Fsp3) is 0.333. The van der Waals surface area contributed by atoms with Crippen LogP contribution >= 0.6 is 0 Å². The summed E-state index contributed by atoms with van der Waals surface area (Å²) < 4.78 is 10.3. The molecule has 1 aromatic carbocycles. The Kier molecular flexibility index (Phi) is 4.08. The molecule has 1 aromatic heterocycles. The molecule has 5 heteroatoms. The van der Waals surface area contributed by atoms with E-state index in [-0.39, 0.29) is 6.10 Å². The van der Waals surface area contributed by atoms with Crippen molar-refractivity contribution in [2.45, 2.75) is 26.9 Å². The number of H-pyrrole nitrogens is 1. The van der Waals surface area contributed by atoms with Crippen LogP contribution in [0.5, 0.6) is 5.75 Å². The van der Waals surface area contributed by atoms with Gasteiger partial charge < -0.3 is 14.5 Å². The number of aromatic nitrogens is 2. The van der Waals surface area contributed by atoms with Gasteiger partial charge in [0.25, 0.3) is 0 Å². The smallest absolute Gasteiger partial charge is 0.359 e. The van der Waals surface area contributed by atoms with E-state index in [2.05, 4.69) is 9.97 Å². The summed E-state index contributed by atoms with van der Waals surface area (Å²) in [6.45, 7) is 5.42. The zero-order chi connectivity index (χ0) is 14.7. The summed E-state index contributed by atoms with van der Waals surface area (Å²) in [7, 11) is 1.62. The van der Waals surface area contributed by atoms with E-state index in [0.29, 0.717) is 17.2 Å². The predicted octanol–water partition coefficient (Wildman–Crippen LogP) is 2.96. The maximum atomic E-state index is 11.9. The Bertz CT molecular complexity index is 600. The normalized spacial score (nSPS) is 10.7. The summed E-state index contributed by atoms with van der Waals surface area (Å²) in [4.78, 5) is 19.3. The standard InChI is InChI=1S/C15H18N2O3/c1-9(2)20-15(18)13-10(3)16-14(17-13)11-5-7-12(19-4)8-6-11/h5-9H,1-4H3,(H,16,17). The zero-order valence-corrected chi connectivity index (χ0v) is 12.1. The lowest BCUT2D eigenvalue weighted by Crippen LogP contribution is -2.13. The molecule has 0 unspecified atom stereocenters. The Hall–Kier alpha value is -2.30. The molecule has 0 saturated heterocycles. The molecule has 0 spiro atoms. The van der Waals surface area contributed by atoms with Gasteiger partial charge in [0, 0.05) is 11.3 Å². The second-order valence-electron chi connectivity index (χ2n) is 4.74. The fourth-order valence-electron chi connectivity index (χ4n) is 1.81. The minimum absolute atomic E-state index is 0.164. The fourth-order valence-corrected chi connectivity index (χ4v) is 1.81. The Balaban J connectivity index is 2.28. The summed E-state index contributed by atoms with van der Waals surface area (Å²) in [6, 6.07) is 7.46. The van der Waals surface area contributed by atoms with Crippen molar-refractivity contribution >= 4 is 5.97 Å². The summed E-state index contributed by atoms with van der Waals surface area (Å²) >= 11 is 0. The number of imidazole rings is 1. The Morgan fingerprint density at radius 2 is 1.90 bits per heavy atom. The van der Waals surface area contributed by atoms with Crippen molar-refractivity contribution in [1.29, 1.82) is 0 Å². The summed E-state index contributed by atoms with van der Waals surface area (Å²) in [6.07, 6.45) is -0.164. The van der Waals surface area contributed by atoms with Gasteiger partial charge in [0.05, 0.1) is 13.2 Å². The number of rotatable bonds is 4. The molecule has 0 saturated carbocycles. The van der Waals surface area contributed by atoms with Crippen LogP contribution in [0.3, 0.4) is 0 Å². The van der Waals surface area contributed by atoms with Crippen LogP contribution in [0.25, 0.3) is 11.4 Å². The SMILES string of the molecule is COc1ccc(-c2nc(C(=O)OC(C)C)c(C)[nH]2)cc1. The monoisotopic (exact) mass is 274 g/mol. The maximum absolute atomic E-state index is 11.9. The molecule has 0 aliphatic heterocycles. The number of nitrogens with zero attached hydrogens (tertiary/aromatic N) is 1. The third-order valence-corrected chi connectivity index (χ3v) is 2.78. The van der Waals surface area contributed by atoms with Crippen LogP contribution in [-0.2, 0) is 4.74 Å². The number of aryl methyl sites for hydroxylation is 1. The van der Waals surface area contributed by atoms with Crippen LogP contribution in [0.1, 0.15) is 30.0 Å². The Morgan fingerprint density at radius 3 is 2.45 bits per heavy atom. The molecular weight excluding hydrogens is 256 g/mol. The van der Waals surface area contributed by atoms with E-state index < -0.39 is 5.97 Å². The van der Waals surface area contributed by atoms with Gasteiger partial charge >= 0.3 is 5.97 Å². The highest BCUT2D eigenvalue weighted by molar-refractivity contribution is 5.89. The average molecular weight is 274 g/mol. The lowest BCUT2D eigenvalue weighted by atomic mass is 10.2. The van der Waals surface area contributed by atoms with Crippen LogP contribution in [-0.4, -0.2) is 29.2 Å². The lowest BCUT2D eigenvalue weighted by molar-refractivity contribution is 0.0370. The number of hydrogen-bond donors (Lipinski definition) is 1. The van der Waals surface area contributed by atoms with E-state index in [9.17, 15) is 4.79 Å². The van der Waals surface area contributed by atoms with Crippen molar-refractivity contribution in [2.75, 3.05) is 7.11 Å². The van der Waals surface area contributed by atoms with E-state index in [4.69, 9.17) is 9.47 Å². The molecule has 2 aromatic rings. The van der Waals surface area contributed by atoms with Gasteiger partial charge in [-0.3, -0.25) is 0 Å². The molecule has 0 aliphatic rings. The van der Waals surface area contributed by atoms with Gasteiger partial charge in [-0.25, -0.2) is 9.78 Å². The predicted molar refractivity (Wildman–Crippen MR) is 75.9 cm³/mol. The molecule has 0 radical (unpaired) electrons. The summed E-state index contributed by atoms with van der Waals surface area (Å²) in [5, 5.41) is 0. The second kappa shape index (κ2) is 5.77. The van der Waals surface area contributed by atoms with E-state index in [0.717, 1.165) is 11.3 Å². The number of ether oxygens (including phenoxy) is 2. The molecule has 0 amide bonds. The molecule has 0 aliphatic carbocycles. The zero-order valence-electron chi connectivity index (χ0n) is 12.1. The molecule has 20 heavy (non-hydrogen) atoms. The molecule has 0 fully saturated rings. The number of carbonyl (C=O) groups excluding carboxylic acids is 1. The van der Waals surface area contributed by atoms with Gasteiger partial charge in [0.15, 0.2) is 5.69 Å². The number of benzene rings is 1. The molecule has 2 rings (SSSR count). The molecule has 5 nitrogen and oxygen atoms in total. The van der Waals surface area contributed by atoms with Crippen molar-refractivity contribution < 1.29 is 14.3 Å². The second-order valence-corrected chi connectivity index (χ2v) is 4.74. The first kappa shape index (κ1) is 14.1. The van der Waals surface area contributed by atoms with Crippen molar-refractivity contribution in [3.8, 4) is 17.1 Å². The van der Waals surface area contributed by atoms with Gasteiger partial charge in [0.1, 0.15) is 11.6 Å². The first-order valence-electron chi connectivity index (χ1n) is 6.43. The highest BCUT2D eigenvalue weighted by Gasteiger charge is 2.18. The van der Waals surface area contributed by atoms with E-state index in [1.165, 1.54) is 0 Å². The minimum atomic E-state index is -0.409. The highest BCUT2D eigenvalue weighted by atomic mass is 16.5. The molecule has 1 heterocycles. The molecule has 0 atom stereocenters. The Labute approximate surface area is 117 Å². The van der Waals surface area contributed by atoms with Crippen LogP contribution in [0, 0.1) is 6.92 Å². The molecule has 1 N–H and O–H groups in total. The first-order valence-corrected chi connectivity index (χ1v) is 6.43. The number of hydrogen-bond acceptors (Lipinski definition) is 4. The van der Waals surface area contributed by atoms with Gasteiger partial charge in [0.2, 0.25) is 0 Å². The van der Waals surface area contributed by atoms with Gasteiger partial charge in [-0.05, 0) is 45.0 Å². The summed E-state index contributed by atoms with van der Waals surface area (Å²) in [5.74, 6) is 1.01. The number of nitrogens with one attached hydrogen (secondary N) is 1. The largest absolute Gasteiger partial charge is 0.497 e. The number of carbonyl (C=O) groups is 1.